The fourth-order valence-corrected chi connectivity index (χ4v) is 3.21. The number of piperidine rings is 1. The lowest BCUT2D eigenvalue weighted by molar-refractivity contribution is -0.136. The van der Waals surface area contributed by atoms with E-state index in [1.807, 2.05) is 12.1 Å². The van der Waals surface area contributed by atoms with Crippen molar-refractivity contribution in [3.63, 3.8) is 0 Å². The van der Waals surface area contributed by atoms with E-state index in [4.69, 9.17) is 5.73 Å². The SMILES string of the molecule is NCC#CCNCc1cccc2c1CN(C1CCC(=O)NC1=O)C2=O. The summed E-state index contributed by atoms with van der Waals surface area (Å²) < 4.78 is 0. The van der Waals surface area contributed by atoms with Gasteiger partial charge >= 0.3 is 0 Å². The predicted octanol–water partition coefficient (Wildman–Crippen LogP) is -0.501. The number of nitrogens with zero attached hydrogens (tertiary/aromatic N) is 1. The van der Waals surface area contributed by atoms with Crippen molar-refractivity contribution >= 4 is 17.7 Å². The van der Waals surface area contributed by atoms with Crippen molar-refractivity contribution in [1.82, 2.24) is 15.5 Å². The van der Waals surface area contributed by atoms with Crippen molar-refractivity contribution in [2.45, 2.75) is 32.0 Å². The highest BCUT2D eigenvalue weighted by Crippen LogP contribution is 2.29. The van der Waals surface area contributed by atoms with Gasteiger partial charge in [-0.05, 0) is 23.6 Å². The van der Waals surface area contributed by atoms with Gasteiger partial charge in [0.1, 0.15) is 6.04 Å². The number of carbonyl (C=O) groups excluding carboxylic acids is 3. The standard InChI is InChI=1S/C18H20N4O3/c19-8-1-2-9-20-10-12-4-3-5-13-14(12)11-22(18(13)25)15-6-7-16(23)21-17(15)24/h3-5,15,20H,6-11,19H2,(H,21,23,24). The van der Waals surface area contributed by atoms with Gasteiger partial charge in [-0.2, -0.15) is 0 Å². The molecule has 3 rings (SSSR count). The minimum absolute atomic E-state index is 0.158. The van der Waals surface area contributed by atoms with Gasteiger partial charge in [-0.25, -0.2) is 0 Å². The lowest BCUT2D eigenvalue weighted by Gasteiger charge is -2.29. The first-order valence-electron chi connectivity index (χ1n) is 8.23. The quantitative estimate of drug-likeness (QED) is 0.389. The molecule has 2 aliphatic rings. The molecule has 1 aromatic rings. The Bertz CT molecular complexity index is 778. The van der Waals surface area contributed by atoms with E-state index in [-0.39, 0.29) is 18.2 Å². The van der Waals surface area contributed by atoms with Gasteiger partial charge in [0.05, 0.1) is 13.1 Å². The van der Waals surface area contributed by atoms with Crippen LogP contribution in [0.25, 0.3) is 0 Å². The summed E-state index contributed by atoms with van der Waals surface area (Å²) in [6, 6.07) is 4.99. The van der Waals surface area contributed by atoms with Crippen LogP contribution in [0.4, 0.5) is 0 Å². The molecule has 2 aliphatic heterocycles. The summed E-state index contributed by atoms with van der Waals surface area (Å²) in [6.07, 6.45) is 0.622. The molecular weight excluding hydrogens is 320 g/mol. The summed E-state index contributed by atoms with van der Waals surface area (Å²) in [5.41, 5.74) is 7.88. The molecule has 0 aliphatic carbocycles. The Labute approximate surface area is 145 Å². The van der Waals surface area contributed by atoms with E-state index in [9.17, 15) is 14.4 Å². The Morgan fingerprint density at radius 2 is 2.12 bits per heavy atom. The first-order chi connectivity index (χ1) is 12.1. The van der Waals surface area contributed by atoms with Gasteiger partial charge in [-0.15, -0.1) is 0 Å². The van der Waals surface area contributed by atoms with E-state index < -0.39 is 11.9 Å². The molecule has 1 aromatic carbocycles. The Hall–Kier alpha value is -2.69. The van der Waals surface area contributed by atoms with E-state index >= 15 is 0 Å². The first kappa shape index (κ1) is 17.1. The van der Waals surface area contributed by atoms with Gasteiger partial charge in [-0.1, -0.05) is 24.0 Å². The molecule has 0 radical (unpaired) electrons. The van der Waals surface area contributed by atoms with E-state index in [1.54, 1.807) is 11.0 Å². The molecule has 0 bridgehead atoms. The zero-order chi connectivity index (χ0) is 17.8. The van der Waals surface area contributed by atoms with Crippen LogP contribution in [0.5, 0.6) is 0 Å². The maximum atomic E-state index is 12.7. The third-order valence-corrected chi connectivity index (χ3v) is 4.43. The van der Waals surface area contributed by atoms with Crippen LogP contribution in [0.3, 0.4) is 0 Å². The number of nitrogens with two attached hydrogens (primary N) is 1. The molecule has 25 heavy (non-hydrogen) atoms. The van der Waals surface area contributed by atoms with Crippen molar-refractivity contribution in [3.8, 4) is 11.8 Å². The van der Waals surface area contributed by atoms with Gasteiger partial charge in [0.2, 0.25) is 11.8 Å². The van der Waals surface area contributed by atoms with Crippen molar-refractivity contribution in [1.29, 1.82) is 0 Å². The highest BCUT2D eigenvalue weighted by Gasteiger charge is 2.39. The molecular formula is C18H20N4O3. The van der Waals surface area contributed by atoms with Gasteiger partial charge < -0.3 is 16.0 Å². The summed E-state index contributed by atoms with van der Waals surface area (Å²) in [4.78, 5) is 37.7. The van der Waals surface area contributed by atoms with E-state index in [0.29, 0.717) is 38.2 Å². The molecule has 3 amide bonds. The largest absolute Gasteiger partial charge is 0.322 e. The predicted molar refractivity (Wildman–Crippen MR) is 91.0 cm³/mol. The van der Waals surface area contributed by atoms with Crippen molar-refractivity contribution in [2.75, 3.05) is 13.1 Å². The summed E-state index contributed by atoms with van der Waals surface area (Å²) >= 11 is 0. The number of imide groups is 1. The Balaban J connectivity index is 1.73. The number of carbonyl (C=O) groups is 3. The smallest absolute Gasteiger partial charge is 0.255 e. The molecule has 0 saturated carbocycles. The molecule has 1 fully saturated rings. The summed E-state index contributed by atoms with van der Waals surface area (Å²) in [6.45, 7) is 1.81. The Kier molecular flexibility index (Phi) is 5.12. The minimum atomic E-state index is -0.589. The third kappa shape index (κ3) is 3.55. The number of benzene rings is 1. The number of amides is 3. The van der Waals surface area contributed by atoms with Gasteiger partial charge in [-0.3, -0.25) is 19.7 Å². The molecule has 1 saturated heterocycles. The fraction of sp³-hybridized carbons (Fsp3) is 0.389. The number of fused-ring (bicyclic) bond motifs is 1. The number of nitrogens with one attached hydrogen (secondary N) is 2. The highest BCUT2D eigenvalue weighted by atomic mass is 16.2. The number of hydrogen-bond acceptors (Lipinski definition) is 5. The normalized spacial score (nSPS) is 19.3. The summed E-state index contributed by atoms with van der Waals surface area (Å²) in [5, 5.41) is 5.52. The van der Waals surface area contributed by atoms with Crippen LogP contribution < -0.4 is 16.4 Å². The molecule has 7 heteroatoms. The van der Waals surface area contributed by atoms with Gasteiger partial charge in [0.15, 0.2) is 0 Å². The Morgan fingerprint density at radius 3 is 2.88 bits per heavy atom. The molecule has 1 unspecified atom stereocenters. The molecule has 0 aromatic heterocycles. The summed E-state index contributed by atoms with van der Waals surface area (Å²) in [7, 11) is 0. The number of hydrogen-bond donors (Lipinski definition) is 3. The van der Waals surface area contributed by atoms with Crippen molar-refractivity contribution in [3.05, 3.63) is 34.9 Å². The van der Waals surface area contributed by atoms with Gasteiger partial charge in [0.25, 0.3) is 5.91 Å². The average molecular weight is 340 g/mol. The zero-order valence-electron chi connectivity index (χ0n) is 13.8. The molecule has 4 N–H and O–H groups in total. The van der Waals surface area contributed by atoms with E-state index in [0.717, 1.165) is 11.1 Å². The average Bonchev–Trinajstić information content (AvgIpc) is 2.92. The molecule has 2 heterocycles. The molecule has 1 atom stereocenters. The lowest BCUT2D eigenvalue weighted by atomic mass is 10.0. The third-order valence-electron chi connectivity index (χ3n) is 4.43. The second-order valence-electron chi connectivity index (χ2n) is 6.00. The van der Waals surface area contributed by atoms with Crippen LogP contribution in [0.1, 0.15) is 34.3 Å². The highest BCUT2D eigenvalue weighted by molar-refractivity contribution is 6.05. The van der Waals surface area contributed by atoms with E-state index in [1.165, 1.54) is 0 Å². The second kappa shape index (κ2) is 7.47. The molecule has 7 nitrogen and oxygen atoms in total. The van der Waals surface area contributed by atoms with Crippen LogP contribution in [0.2, 0.25) is 0 Å². The maximum absolute atomic E-state index is 12.7. The lowest BCUT2D eigenvalue weighted by Crippen LogP contribution is -2.52. The topological polar surface area (TPSA) is 105 Å². The summed E-state index contributed by atoms with van der Waals surface area (Å²) in [5.74, 6) is 4.85. The maximum Gasteiger partial charge on any atom is 0.255 e. The van der Waals surface area contributed by atoms with Crippen LogP contribution in [0.15, 0.2) is 18.2 Å². The van der Waals surface area contributed by atoms with Crippen LogP contribution in [0, 0.1) is 11.8 Å². The fourth-order valence-electron chi connectivity index (χ4n) is 3.21. The minimum Gasteiger partial charge on any atom is -0.322 e. The monoisotopic (exact) mass is 340 g/mol. The van der Waals surface area contributed by atoms with Crippen LogP contribution >= 0.6 is 0 Å². The van der Waals surface area contributed by atoms with Gasteiger partial charge in [0, 0.05) is 25.1 Å². The van der Waals surface area contributed by atoms with Crippen LogP contribution in [-0.2, 0) is 22.7 Å². The van der Waals surface area contributed by atoms with E-state index in [2.05, 4.69) is 22.5 Å². The molecule has 130 valence electrons. The first-order valence-corrected chi connectivity index (χ1v) is 8.23. The number of rotatable bonds is 4. The van der Waals surface area contributed by atoms with Crippen molar-refractivity contribution in [2.24, 2.45) is 5.73 Å². The van der Waals surface area contributed by atoms with Crippen molar-refractivity contribution < 1.29 is 14.4 Å². The zero-order valence-corrected chi connectivity index (χ0v) is 13.8. The van der Waals surface area contributed by atoms with Crippen LogP contribution in [-0.4, -0.2) is 41.8 Å². The molecule has 0 spiro atoms. The second-order valence-corrected chi connectivity index (χ2v) is 6.00. The Morgan fingerprint density at radius 1 is 1.28 bits per heavy atom.